The van der Waals surface area contributed by atoms with Gasteiger partial charge in [-0.15, -0.1) is 0 Å². The number of carbonyl (C=O) groups is 1. The minimum absolute atomic E-state index is 0.0567. The molecule has 0 saturated carbocycles. The van der Waals surface area contributed by atoms with Crippen molar-refractivity contribution in [2.75, 3.05) is 13.1 Å². The normalized spacial score (nSPS) is 15.4. The van der Waals surface area contributed by atoms with Crippen LogP contribution in [0, 0.1) is 30.3 Å². The fraction of sp³-hybridized carbons (Fsp3) is 0.280. The van der Waals surface area contributed by atoms with Gasteiger partial charge in [-0.3, -0.25) is 4.79 Å². The smallest absolute Gasteiger partial charge is 0.248 e. The van der Waals surface area contributed by atoms with Crippen LogP contribution in [0.5, 0.6) is 0 Å². The summed E-state index contributed by atoms with van der Waals surface area (Å²) >= 11 is 0. The first-order chi connectivity index (χ1) is 17.1. The van der Waals surface area contributed by atoms with Crippen molar-refractivity contribution in [1.82, 2.24) is 14.8 Å². The summed E-state index contributed by atoms with van der Waals surface area (Å²) in [7, 11) is -4.00. The highest BCUT2D eigenvalue weighted by Crippen LogP contribution is 2.29. The molecule has 1 amide bonds. The lowest BCUT2D eigenvalue weighted by Gasteiger charge is -2.30. The summed E-state index contributed by atoms with van der Waals surface area (Å²) in [5, 5.41) is 6.57. The van der Waals surface area contributed by atoms with Crippen LogP contribution in [0.4, 0.5) is 13.2 Å². The van der Waals surface area contributed by atoms with E-state index in [1.807, 2.05) is 0 Å². The van der Waals surface area contributed by atoms with Gasteiger partial charge >= 0.3 is 0 Å². The van der Waals surface area contributed by atoms with E-state index < -0.39 is 21.7 Å². The molecule has 0 spiro atoms. The van der Waals surface area contributed by atoms with Crippen molar-refractivity contribution in [1.29, 1.82) is 0 Å². The molecular weight excluding hydrogens is 495 g/mol. The number of nitrogens with one attached hydrogen (secondary N) is 1. The Labute approximate surface area is 206 Å². The van der Waals surface area contributed by atoms with Crippen LogP contribution in [0.15, 0.2) is 51.9 Å². The van der Waals surface area contributed by atoms with E-state index in [-0.39, 0.29) is 59.2 Å². The van der Waals surface area contributed by atoms with Crippen LogP contribution in [-0.4, -0.2) is 36.9 Å². The quantitative estimate of drug-likeness (QED) is 0.503. The first-order valence-electron chi connectivity index (χ1n) is 11.3. The maximum absolute atomic E-state index is 13.9. The van der Waals surface area contributed by atoms with Crippen molar-refractivity contribution in [2.45, 2.75) is 31.2 Å². The second kappa shape index (κ2) is 10.7. The average Bonchev–Trinajstić information content (AvgIpc) is 3.24. The van der Waals surface area contributed by atoms with Gasteiger partial charge < -0.3 is 9.84 Å². The van der Waals surface area contributed by atoms with Gasteiger partial charge in [-0.2, -0.15) is 4.31 Å². The number of carbonyl (C=O) groups excluding carboxylic acids is 1. The van der Waals surface area contributed by atoms with Gasteiger partial charge in [0.2, 0.25) is 15.9 Å². The third-order valence-electron chi connectivity index (χ3n) is 6.01. The number of benzene rings is 2. The molecule has 0 atom stereocenters. The Morgan fingerprint density at radius 3 is 2.42 bits per heavy atom. The summed E-state index contributed by atoms with van der Waals surface area (Å²) in [6.45, 7) is 1.98. The van der Waals surface area contributed by atoms with Crippen molar-refractivity contribution in [3.8, 4) is 0 Å². The fourth-order valence-electron chi connectivity index (χ4n) is 4.02. The van der Waals surface area contributed by atoms with Gasteiger partial charge in [0.05, 0.1) is 0 Å². The lowest BCUT2D eigenvalue weighted by Crippen LogP contribution is -2.43. The molecule has 1 saturated heterocycles. The molecule has 0 radical (unpaired) electrons. The van der Waals surface area contributed by atoms with Crippen LogP contribution >= 0.6 is 0 Å². The van der Waals surface area contributed by atoms with E-state index >= 15 is 0 Å². The molecule has 0 bridgehead atoms. The number of rotatable bonds is 7. The second-order valence-electron chi connectivity index (χ2n) is 8.48. The predicted octanol–water partition coefficient (Wildman–Crippen LogP) is 4.29. The van der Waals surface area contributed by atoms with Crippen LogP contribution in [0.3, 0.4) is 0 Å². The molecule has 1 aliphatic heterocycles. The van der Waals surface area contributed by atoms with Gasteiger partial charge in [0, 0.05) is 37.2 Å². The number of nitrogens with zero attached hydrogens (tertiary/aromatic N) is 2. The number of hydrogen-bond acceptors (Lipinski definition) is 5. The zero-order chi connectivity index (χ0) is 25.9. The largest absolute Gasteiger partial charge is 0.355 e. The van der Waals surface area contributed by atoms with Crippen LogP contribution in [0.1, 0.15) is 35.4 Å². The van der Waals surface area contributed by atoms with Crippen LogP contribution in [0.2, 0.25) is 0 Å². The summed E-state index contributed by atoms with van der Waals surface area (Å²) in [4.78, 5) is 12.4. The summed E-state index contributed by atoms with van der Waals surface area (Å²) in [5.41, 5.74) is 0.962. The molecule has 36 heavy (non-hydrogen) atoms. The van der Waals surface area contributed by atoms with E-state index in [0.29, 0.717) is 12.8 Å². The topological polar surface area (TPSA) is 92.5 Å². The predicted molar refractivity (Wildman–Crippen MR) is 126 cm³/mol. The maximum Gasteiger partial charge on any atom is 0.248 e. The highest BCUT2D eigenvalue weighted by molar-refractivity contribution is 7.89. The Balaban J connectivity index is 1.41. The Morgan fingerprint density at radius 2 is 1.75 bits per heavy atom. The molecule has 4 rings (SSSR count). The summed E-state index contributed by atoms with van der Waals surface area (Å²) in [6.07, 6.45) is 3.21. The van der Waals surface area contributed by atoms with Gasteiger partial charge in [0.15, 0.2) is 10.7 Å². The monoisotopic (exact) mass is 519 g/mol. The number of aromatic nitrogens is 1. The minimum atomic E-state index is -4.00. The average molecular weight is 520 g/mol. The lowest BCUT2D eigenvalue weighted by molar-refractivity contribution is -0.126. The Bertz CT molecular complexity index is 1380. The van der Waals surface area contributed by atoms with Crippen molar-refractivity contribution in [2.24, 2.45) is 5.92 Å². The molecule has 1 aromatic heterocycles. The zero-order valence-corrected chi connectivity index (χ0v) is 20.2. The van der Waals surface area contributed by atoms with Crippen LogP contribution in [-0.2, 0) is 21.4 Å². The Morgan fingerprint density at radius 1 is 1.08 bits per heavy atom. The number of sulfonamides is 1. The Kier molecular flexibility index (Phi) is 7.60. The Hall–Kier alpha value is -3.44. The number of hydrogen-bond donors (Lipinski definition) is 1. The molecule has 1 aliphatic rings. The van der Waals surface area contributed by atoms with Gasteiger partial charge in [0.25, 0.3) is 0 Å². The number of piperidine rings is 1. The lowest BCUT2D eigenvalue weighted by atomic mass is 9.97. The van der Waals surface area contributed by atoms with E-state index in [4.69, 9.17) is 4.52 Å². The minimum Gasteiger partial charge on any atom is -0.355 e. The van der Waals surface area contributed by atoms with E-state index in [1.54, 1.807) is 12.1 Å². The molecule has 1 N–H and O–H groups in total. The number of amides is 1. The molecular formula is C25H24F3N3O4S. The maximum atomic E-state index is 13.9. The third-order valence-corrected chi connectivity index (χ3v) is 8.07. The van der Waals surface area contributed by atoms with E-state index in [1.165, 1.54) is 41.6 Å². The summed E-state index contributed by atoms with van der Waals surface area (Å²) < 4.78 is 73.3. The molecule has 7 nitrogen and oxygen atoms in total. The van der Waals surface area contributed by atoms with Crippen molar-refractivity contribution < 1.29 is 30.9 Å². The first-order valence-corrected chi connectivity index (χ1v) is 12.7. The molecule has 3 aromatic rings. The molecule has 2 heterocycles. The second-order valence-corrected chi connectivity index (χ2v) is 10.4. The van der Waals surface area contributed by atoms with Crippen molar-refractivity contribution in [3.05, 3.63) is 82.5 Å². The van der Waals surface area contributed by atoms with Gasteiger partial charge in [-0.25, -0.2) is 21.6 Å². The van der Waals surface area contributed by atoms with Crippen LogP contribution in [0.25, 0.3) is 12.2 Å². The fourth-order valence-corrected chi connectivity index (χ4v) is 5.74. The molecule has 0 aliphatic carbocycles. The van der Waals surface area contributed by atoms with E-state index in [9.17, 15) is 26.4 Å². The van der Waals surface area contributed by atoms with Crippen molar-refractivity contribution >= 4 is 28.1 Å². The third kappa shape index (κ3) is 5.68. The SMILES string of the molecule is Cc1noc(/C=C/c2ccc(F)cc2F)c1S(=O)(=O)N1CCC(C(=O)NCc2ccc(F)cc2)CC1. The van der Waals surface area contributed by atoms with Gasteiger partial charge in [-0.05, 0) is 61.7 Å². The van der Waals surface area contributed by atoms with Crippen molar-refractivity contribution in [3.63, 3.8) is 0 Å². The first kappa shape index (κ1) is 25.6. The highest BCUT2D eigenvalue weighted by atomic mass is 32.2. The van der Waals surface area contributed by atoms with Gasteiger partial charge in [-0.1, -0.05) is 17.3 Å². The van der Waals surface area contributed by atoms with E-state index in [2.05, 4.69) is 10.5 Å². The highest BCUT2D eigenvalue weighted by Gasteiger charge is 2.35. The van der Waals surface area contributed by atoms with E-state index in [0.717, 1.165) is 17.7 Å². The van der Waals surface area contributed by atoms with Crippen LogP contribution < -0.4 is 5.32 Å². The summed E-state index contributed by atoms with van der Waals surface area (Å²) in [5.74, 6) is -2.51. The summed E-state index contributed by atoms with van der Waals surface area (Å²) in [6, 6.07) is 8.85. The number of halogens is 3. The molecule has 2 aromatic carbocycles. The zero-order valence-electron chi connectivity index (χ0n) is 19.4. The molecule has 0 unspecified atom stereocenters. The standard InChI is InChI=1S/C25H24F3N3O4S/c1-16-24(23(35-30-16)9-5-18-4-8-21(27)14-22(18)28)36(33,34)31-12-10-19(11-13-31)25(32)29-15-17-2-6-20(26)7-3-17/h2-9,14,19H,10-13,15H2,1H3,(H,29,32)/b9-5+. The molecule has 1 fully saturated rings. The van der Waals surface area contributed by atoms with Gasteiger partial charge in [0.1, 0.15) is 23.1 Å². The number of aryl methyl sites for hydroxylation is 1. The molecule has 11 heteroatoms. The molecule has 190 valence electrons.